The van der Waals surface area contributed by atoms with Crippen molar-refractivity contribution in [2.45, 2.75) is 6.92 Å². The second-order valence-corrected chi connectivity index (χ2v) is 6.85. The Morgan fingerprint density at radius 3 is 2.33 bits per heavy atom. The van der Waals surface area contributed by atoms with Crippen LogP contribution in [0.3, 0.4) is 0 Å². The number of benzene rings is 2. The molecule has 2 aromatic heterocycles. The zero-order valence-corrected chi connectivity index (χ0v) is 15.8. The molecule has 2 aromatic carbocycles. The molecule has 0 aliphatic rings. The normalized spacial score (nSPS) is 10.9. The van der Waals surface area contributed by atoms with Gasteiger partial charge in [-0.15, -0.1) is 10.2 Å². The Morgan fingerprint density at radius 2 is 1.63 bits per heavy atom. The third-order valence-electron chi connectivity index (χ3n) is 4.15. The molecule has 0 spiro atoms. The van der Waals surface area contributed by atoms with E-state index < -0.39 is 0 Å². The van der Waals surface area contributed by atoms with Gasteiger partial charge in [-0.1, -0.05) is 41.2 Å². The van der Waals surface area contributed by atoms with E-state index >= 15 is 0 Å². The average molecular weight is 380 g/mol. The van der Waals surface area contributed by atoms with Crippen molar-refractivity contribution in [3.05, 3.63) is 58.4 Å². The molecule has 0 fully saturated rings. The molecule has 8 heteroatoms. The summed E-state index contributed by atoms with van der Waals surface area (Å²) in [6, 6.07) is 13.0. The summed E-state index contributed by atoms with van der Waals surface area (Å²) in [5.41, 5.74) is 2.60. The van der Waals surface area contributed by atoms with Crippen LogP contribution in [0.25, 0.3) is 26.8 Å². The number of aromatic nitrogens is 4. The summed E-state index contributed by atoms with van der Waals surface area (Å²) in [5.74, 6) is 1.22. The van der Waals surface area contributed by atoms with E-state index in [1.165, 1.54) is 15.9 Å². The highest BCUT2D eigenvalue weighted by Gasteiger charge is 2.15. The van der Waals surface area contributed by atoms with Gasteiger partial charge in [-0.05, 0) is 25.1 Å². The smallest absolute Gasteiger partial charge is 0.302 e. The standard InChI is InChI=1S/C19H16N4O3S/c1-11-4-6-12(7-5-11)16-18(24)23-19(21-20-16)27-17(22-23)13-8-9-14(25-2)15(10-13)26-3/h4-10H,1-3H3. The highest BCUT2D eigenvalue weighted by atomic mass is 32.1. The summed E-state index contributed by atoms with van der Waals surface area (Å²) in [5, 5.41) is 13.4. The predicted molar refractivity (Wildman–Crippen MR) is 104 cm³/mol. The summed E-state index contributed by atoms with van der Waals surface area (Å²) in [4.78, 5) is 13.3. The number of aryl methyl sites for hydroxylation is 1. The zero-order valence-electron chi connectivity index (χ0n) is 15.0. The maximum Gasteiger partial charge on any atom is 0.302 e. The first-order valence-electron chi connectivity index (χ1n) is 8.16. The second kappa shape index (κ2) is 6.81. The Hall–Kier alpha value is -3.26. The van der Waals surface area contributed by atoms with Crippen LogP contribution in [0.1, 0.15) is 5.56 Å². The van der Waals surface area contributed by atoms with Gasteiger partial charge in [0.15, 0.2) is 17.2 Å². The lowest BCUT2D eigenvalue weighted by molar-refractivity contribution is 0.355. The fourth-order valence-electron chi connectivity index (χ4n) is 2.69. The van der Waals surface area contributed by atoms with Gasteiger partial charge in [0, 0.05) is 11.1 Å². The SMILES string of the molecule is COc1ccc(-c2nn3c(=O)c(-c4ccc(C)cc4)nnc3s2)cc1OC. The number of ether oxygens (including phenoxy) is 2. The molecule has 0 amide bonds. The van der Waals surface area contributed by atoms with E-state index in [4.69, 9.17) is 9.47 Å². The van der Waals surface area contributed by atoms with Gasteiger partial charge in [0.25, 0.3) is 0 Å². The third-order valence-corrected chi connectivity index (χ3v) is 5.09. The molecule has 4 rings (SSSR count). The van der Waals surface area contributed by atoms with E-state index in [1.54, 1.807) is 20.3 Å². The summed E-state index contributed by atoms with van der Waals surface area (Å²) >= 11 is 1.29. The first-order valence-corrected chi connectivity index (χ1v) is 8.98. The van der Waals surface area contributed by atoms with Gasteiger partial charge in [0.2, 0.25) is 4.96 Å². The third kappa shape index (κ3) is 3.04. The van der Waals surface area contributed by atoms with Crippen LogP contribution in [0, 0.1) is 6.92 Å². The van der Waals surface area contributed by atoms with Crippen molar-refractivity contribution in [3.63, 3.8) is 0 Å². The second-order valence-electron chi connectivity index (χ2n) is 5.89. The molecule has 2 heterocycles. The Bertz CT molecular complexity index is 1180. The number of rotatable bonds is 4. The Labute approximate surface area is 158 Å². The fraction of sp³-hybridized carbons (Fsp3) is 0.158. The first kappa shape index (κ1) is 17.2. The number of hydrogen-bond donors (Lipinski definition) is 0. The molecule has 0 aliphatic carbocycles. The molecule has 7 nitrogen and oxygen atoms in total. The average Bonchev–Trinajstić information content (AvgIpc) is 3.14. The minimum absolute atomic E-state index is 0.275. The van der Waals surface area contributed by atoms with Crippen molar-refractivity contribution in [1.82, 2.24) is 19.8 Å². The first-order chi connectivity index (χ1) is 13.1. The van der Waals surface area contributed by atoms with Crippen molar-refractivity contribution in [2.75, 3.05) is 14.2 Å². The van der Waals surface area contributed by atoms with Crippen LogP contribution in [0.5, 0.6) is 11.5 Å². The van der Waals surface area contributed by atoms with E-state index in [1.807, 2.05) is 43.3 Å². The Morgan fingerprint density at radius 1 is 0.926 bits per heavy atom. The number of hydrogen-bond acceptors (Lipinski definition) is 7. The maximum atomic E-state index is 12.8. The lowest BCUT2D eigenvalue weighted by Crippen LogP contribution is -2.19. The molecule has 0 atom stereocenters. The van der Waals surface area contributed by atoms with Crippen LogP contribution < -0.4 is 15.0 Å². The van der Waals surface area contributed by atoms with E-state index in [0.717, 1.165) is 11.1 Å². The van der Waals surface area contributed by atoms with Gasteiger partial charge in [-0.25, -0.2) is 0 Å². The number of methoxy groups -OCH3 is 2. The van der Waals surface area contributed by atoms with Crippen molar-refractivity contribution in [3.8, 4) is 33.3 Å². The highest BCUT2D eigenvalue weighted by molar-refractivity contribution is 7.19. The summed E-state index contributed by atoms with van der Waals surface area (Å²) < 4.78 is 11.9. The molecular weight excluding hydrogens is 364 g/mol. The summed E-state index contributed by atoms with van der Waals surface area (Å²) in [7, 11) is 3.15. The molecule has 0 bridgehead atoms. The van der Waals surface area contributed by atoms with Gasteiger partial charge in [-0.3, -0.25) is 4.79 Å². The number of fused-ring (bicyclic) bond motifs is 1. The predicted octanol–water partition coefficient (Wildman–Crippen LogP) is 3.21. The Balaban J connectivity index is 1.82. The minimum atomic E-state index is -0.299. The highest BCUT2D eigenvalue weighted by Crippen LogP contribution is 2.33. The van der Waals surface area contributed by atoms with Crippen LogP contribution in [0.2, 0.25) is 0 Å². The monoisotopic (exact) mass is 380 g/mol. The summed E-state index contributed by atoms with van der Waals surface area (Å²) in [6.07, 6.45) is 0. The van der Waals surface area contributed by atoms with Crippen LogP contribution in [-0.4, -0.2) is 34.0 Å². The molecule has 0 radical (unpaired) electrons. The quantitative estimate of drug-likeness (QED) is 0.541. The van der Waals surface area contributed by atoms with Gasteiger partial charge < -0.3 is 9.47 Å². The molecule has 0 saturated carbocycles. The number of nitrogens with zero attached hydrogens (tertiary/aromatic N) is 4. The largest absolute Gasteiger partial charge is 0.493 e. The van der Waals surface area contributed by atoms with Crippen molar-refractivity contribution in [1.29, 1.82) is 0 Å². The van der Waals surface area contributed by atoms with Gasteiger partial charge in [-0.2, -0.15) is 9.61 Å². The lowest BCUT2D eigenvalue weighted by atomic mass is 10.1. The lowest BCUT2D eigenvalue weighted by Gasteiger charge is -2.07. The zero-order chi connectivity index (χ0) is 19.0. The topological polar surface area (TPSA) is 78.6 Å². The van der Waals surface area contributed by atoms with Crippen LogP contribution in [-0.2, 0) is 0 Å². The molecule has 136 valence electrons. The summed E-state index contributed by atoms with van der Waals surface area (Å²) in [6.45, 7) is 1.99. The van der Waals surface area contributed by atoms with E-state index in [0.29, 0.717) is 27.0 Å². The van der Waals surface area contributed by atoms with E-state index in [-0.39, 0.29) is 11.3 Å². The van der Waals surface area contributed by atoms with Crippen LogP contribution in [0.4, 0.5) is 0 Å². The molecule has 0 N–H and O–H groups in total. The van der Waals surface area contributed by atoms with Crippen LogP contribution in [0.15, 0.2) is 47.3 Å². The maximum absolute atomic E-state index is 12.8. The van der Waals surface area contributed by atoms with Gasteiger partial charge >= 0.3 is 5.56 Å². The van der Waals surface area contributed by atoms with Gasteiger partial charge in [0.05, 0.1) is 14.2 Å². The minimum Gasteiger partial charge on any atom is -0.493 e. The molecular formula is C19H16N4O3S. The fourth-order valence-corrected chi connectivity index (χ4v) is 3.53. The van der Waals surface area contributed by atoms with E-state index in [2.05, 4.69) is 15.3 Å². The molecule has 0 unspecified atom stereocenters. The van der Waals surface area contributed by atoms with Crippen molar-refractivity contribution >= 4 is 16.3 Å². The van der Waals surface area contributed by atoms with Crippen LogP contribution >= 0.6 is 11.3 Å². The molecule has 0 saturated heterocycles. The van der Waals surface area contributed by atoms with E-state index in [9.17, 15) is 4.79 Å². The molecule has 0 aliphatic heterocycles. The molecule has 27 heavy (non-hydrogen) atoms. The van der Waals surface area contributed by atoms with Crippen molar-refractivity contribution < 1.29 is 9.47 Å². The van der Waals surface area contributed by atoms with Gasteiger partial charge in [0.1, 0.15) is 5.01 Å². The Kier molecular flexibility index (Phi) is 4.33. The molecule has 4 aromatic rings. The van der Waals surface area contributed by atoms with Crippen molar-refractivity contribution in [2.24, 2.45) is 0 Å².